The van der Waals surface area contributed by atoms with Crippen molar-refractivity contribution in [3.8, 4) is 0 Å². The highest BCUT2D eigenvalue weighted by Gasteiger charge is 2.35. The van der Waals surface area contributed by atoms with Crippen molar-refractivity contribution in [2.75, 3.05) is 32.8 Å². The number of carbonyl (C=O) groups excluding carboxylic acids is 1. The quantitative estimate of drug-likeness (QED) is 0.876. The number of carboxylic acid groups (broad SMARTS) is 1. The topological polar surface area (TPSA) is 83.0 Å². The van der Waals surface area contributed by atoms with Crippen LogP contribution in [0.4, 0.5) is 0 Å². The molecule has 0 radical (unpaired) electrons. The summed E-state index contributed by atoms with van der Waals surface area (Å²) in [6.45, 7) is 4.40. The fraction of sp³-hybridized carbons (Fsp3) is 0.643. The van der Waals surface area contributed by atoms with Gasteiger partial charge in [-0.25, -0.2) is 9.78 Å². The van der Waals surface area contributed by atoms with Crippen molar-refractivity contribution in [3.63, 3.8) is 0 Å². The highest BCUT2D eigenvalue weighted by molar-refractivity contribution is 7.09. The zero-order valence-electron chi connectivity index (χ0n) is 12.2. The van der Waals surface area contributed by atoms with Gasteiger partial charge in [-0.3, -0.25) is 9.69 Å². The van der Waals surface area contributed by atoms with E-state index in [1.807, 2.05) is 0 Å². The third kappa shape index (κ3) is 3.29. The Morgan fingerprint density at radius 2 is 2.14 bits per heavy atom. The fourth-order valence-corrected chi connectivity index (χ4v) is 3.66. The van der Waals surface area contributed by atoms with E-state index >= 15 is 0 Å². The molecule has 0 bridgehead atoms. The van der Waals surface area contributed by atoms with Gasteiger partial charge in [0.1, 0.15) is 16.7 Å². The molecule has 1 N–H and O–H groups in total. The lowest BCUT2D eigenvalue weighted by molar-refractivity contribution is -0.141. The maximum absolute atomic E-state index is 12.4. The van der Waals surface area contributed by atoms with Crippen LogP contribution in [-0.4, -0.2) is 70.7 Å². The number of ether oxygens (including phenoxy) is 1. The highest BCUT2D eigenvalue weighted by Crippen LogP contribution is 2.22. The molecule has 1 aromatic heterocycles. The Morgan fingerprint density at radius 1 is 1.36 bits per heavy atom. The van der Waals surface area contributed by atoms with Crippen LogP contribution in [0.2, 0.25) is 0 Å². The van der Waals surface area contributed by atoms with Gasteiger partial charge in [0.05, 0.1) is 19.8 Å². The van der Waals surface area contributed by atoms with Crippen LogP contribution >= 0.6 is 11.3 Å². The van der Waals surface area contributed by atoms with Crippen molar-refractivity contribution in [3.05, 3.63) is 16.1 Å². The zero-order valence-corrected chi connectivity index (χ0v) is 13.0. The van der Waals surface area contributed by atoms with Gasteiger partial charge < -0.3 is 14.7 Å². The van der Waals surface area contributed by atoms with Crippen molar-refractivity contribution in [2.45, 2.75) is 25.4 Å². The largest absolute Gasteiger partial charge is 0.480 e. The second-order valence-electron chi connectivity index (χ2n) is 5.51. The third-order valence-electron chi connectivity index (χ3n) is 4.03. The number of hydrogen-bond donors (Lipinski definition) is 1. The number of morpholine rings is 1. The van der Waals surface area contributed by atoms with E-state index in [0.717, 1.165) is 37.7 Å². The minimum Gasteiger partial charge on any atom is -0.480 e. The molecule has 0 spiro atoms. The number of aliphatic carboxylic acids is 1. The Kier molecular flexibility index (Phi) is 4.70. The highest BCUT2D eigenvalue weighted by atomic mass is 32.1. The summed E-state index contributed by atoms with van der Waals surface area (Å²) in [5.74, 6) is -1.20. The molecule has 8 heteroatoms. The van der Waals surface area contributed by atoms with E-state index in [1.54, 1.807) is 5.38 Å². The summed E-state index contributed by atoms with van der Waals surface area (Å²) >= 11 is 1.45. The van der Waals surface area contributed by atoms with Gasteiger partial charge in [0.15, 0.2) is 0 Å². The molecule has 3 rings (SSSR count). The monoisotopic (exact) mass is 325 g/mol. The maximum atomic E-state index is 12.4. The molecule has 7 nitrogen and oxygen atoms in total. The second-order valence-corrected chi connectivity index (χ2v) is 6.45. The molecule has 1 aromatic rings. The predicted molar refractivity (Wildman–Crippen MR) is 79.9 cm³/mol. The number of amides is 1. The summed E-state index contributed by atoms with van der Waals surface area (Å²) in [7, 11) is 0. The molecule has 1 amide bonds. The molecule has 2 aliphatic rings. The van der Waals surface area contributed by atoms with Gasteiger partial charge in [0, 0.05) is 25.0 Å². The maximum Gasteiger partial charge on any atom is 0.326 e. The van der Waals surface area contributed by atoms with Gasteiger partial charge in [-0.1, -0.05) is 0 Å². The van der Waals surface area contributed by atoms with E-state index in [1.165, 1.54) is 16.2 Å². The van der Waals surface area contributed by atoms with Gasteiger partial charge in [0.2, 0.25) is 0 Å². The molecule has 0 saturated carbocycles. The number of nitrogens with zero attached hydrogens (tertiary/aromatic N) is 3. The number of carbonyl (C=O) groups is 2. The standard InChI is InChI=1S/C14H19N3O4S/c18-13(17-3-1-2-11(17)14(19)20)10-9-22-12(15-10)8-16-4-6-21-7-5-16/h9,11H,1-8H2,(H,19,20). The van der Waals surface area contributed by atoms with Crippen LogP contribution in [0.3, 0.4) is 0 Å². The molecule has 1 atom stereocenters. The first kappa shape index (κ1) is 15.4. The molecule has 0 aliphatic carbocycles. The lowest BCUT2D eigenvalue weighted by atomic mass is 10.2. The van der Waals surface area contributed by atoms with Crippen LogP contribution in [0.15, 0.2) is 5.38 Å². The van der Waals surface area contributed by atoms with E-state index in [2.05, 4.69) is 9.88 Å². The van der Waals surface area contributed by atoms with E-state index in [4.69, 9.17) is 4.74 Å². The average molecular weight is 325 g/mol. The molecular formula is C14H19N3O4S. The zero-order chi connectivity index (χ0) is 15.5. The Bertz CT molecular complexity index is 556. The van der Waals surface area contributed by atoms with Gasteiger partial charge in [-0.15, -0.1) is 11.3 Å². The number of carboxylic acids is 1. The Labute approximate surface area is 132 Å². The Morgan fingerprint density at radius 3 is 2.86 bits per heavy atom. The summed E-state index contributed by atoms with van der Waals surface area (Å²) < 4.78 is 5.31. The van der Waals surface area contributed by atoms with Crippen molar-refractivity contribution >= 4 is 23.2 Å². The number of hydrogen-bond acceptors (Lipinski definition) is 6. The normalized spacial score (nSPS) is 22.9. The van der Waals surface area contributed by atoms with Crippen molar-refractivity contribution in [1.29, 1.82) is 0 Å². The summed E-state index contributed by atoms with van der Waals surface area (Å²) in [6.07, 6.45) is 1.25. The molecule has 1 unspecified atom stereocenters. The van der Waals surface area contributed by atoms with Crippen LogP contribution < -0.4 is 0 Å². The lowest BCUT2D eigenvalue weighted by Gasteiger charge is -2.25. The predicted octanol–water partition coefficient (Wildman–Crippen LogP) is 0.665. The molecular weight excluding hydrogens is 306 g/mol. The average Bonchev–Trinajstić information content (AvgIpc) is 3.16. The van der Waals surface area contributed by atoms with E-state index in [9.17, 15) is 14.7 Å². The molecule has 0 aromatic carbocycles. The van der Waals surface area contributed by atoms with Crippen LogP contribution in [0.1, 0.15) is 28.3 Å². The molecule has 3 heterocycles. The molecule has 22 heavy (non-hydrogen) atoms. The molecule has 2 saturated heterocycles. The lowest BCUT2D eigenvalue weighted by Crippen LogP contribution is -2.40. The minimum atomic E-state index is -0.936. The van der Waals surface area contributed by atoms with Gasteiger partial charge in [-0.2, -0.15) is 0 Å². The summed E-state index contributed by atoms with van der Waals surface area (Å²) in [5, 5.41) is 11.8. The molecule has 120 valence electrons. The van der Waals surface area contributed by atoms with E-state index in [-0.39, 0.29) is 5.91 Å². The number of likely N-dealkylation sites (tertiary alicyclic amines) is 1. The summed E-state index contributed by atoms with van der Waals surface area (Å²) in [6, 6.07) is -0.711. The fourth-order valence-electron chi connectivity index (χ4n) is 2.85. The summed E-state index contributed by atoms with van der Waals surface area (Å²) in [4.78, 5) is 31.7. The number of thiazole rings is 1. The Balaban J connectivity index is 1.65. The first-order chi connectivity index (χ1) is 10.6. The van der Waals surface area contributed by atoms with Crippen LogP contribution in [0.25, 0.3) is 0 Å². The van der Waals surface area contributed by atoms with Crippen LogP contribution in [0.5, 0.6) is 0 Å². The van der Waals surface area contributed by atoms with Crippen molar-refractivity contribution in [2.24, 2.45) is 0 Å². The first-order valence-corrected chi connectivity index (χ1v) is 8.31. The summed E-state index contributed by atoms with van der Waals surface area (Å²) in [5.41, 5.74) is 0.362. The van der Waals surface area contributed by atoms with Gasteiger partial charge >= 0.3 is 5.97 Å². The second kappa shape index (κ2) is 6.72. The van der Waals surface area contributed by atoms with Crippen LogP contribution in [0, 0.1) is 0 Å². The SMILES string of the molecule is O=C(O)C1CCCN1C(=O)c1csc(CN2CCOCC2)n1. The van der Waals surface area contributed by atoms with Gasteiger partial charge in [-0.05, 0) is 12.8 Å². The number of rotatable bonds is 4. The van der Waals surface area contributed by atoms with Crippen molar-refractivity contribution < 1.29 is 19.4 Å². The number of aromatic nitrogens is 1. The van der Waals surface area contributed by atoms with Crippen LogP contribution in [-0.2, 0) is 16.1 Å². The Hall–Kier alpha value is -1.51. The third-order valence-corrected chi connectivity index (χ3v) is 4.87. The smallest absolute Gasteiger partial charge is 0.326 e. The minimum absolute atomic E-state index is 0.269. The van der Waals surface area contributed by atoms with Crippen molar-refractivity contribution in [1.82, 2.24) is 14.8 Å². The van der Waals surface area contributed by atoms with E-state index < -0.39 is 12.0 Å². The van der Waals surface area contributed by atoms with E-state index in [0.29, 0.717) is 25.2 Å². The molecule has 2 aliphatic heterocycles. The van der Waals surface area contributed by atoms with Gasteiger partial charge in [0.25, 0.3) is 5.91 Å². The first-order valence-electron chi connectivity index (χ1n) is 7.43. The molecule has 2 fully saturated rings.